The number of carbonyl (C=O) groups is 2. The van der Waals surface area contributed by atoms with E-state index in [9.17, 15) is 9.59 Å². The first-order valence-electron chi connectivity index (χ1n) is 7.11. The van der Waals surface area contributed by atoms with E-state index < -0.39 is 11.9 Å². The van der Waals surface area contributed by atoms with Crippen LogP contribution in [0, 0.1) is 18.3 Å². The maximum atomic E-state index is 12.0. The summed E-state index contributed by atoms with van der Waals surface area (Å²) in [5.74, 6) is -0.692. The first-order chi connectivity index (χ1) is 11.1. The minimum atomic E-state index is -0.489. The second-order valence-corrected chi connectivity index (χ2v) is 4.86. The Bertz CT molecular complexity index is 730. The Balaban J connectivity index is 2.05. The Hall–Kier alpha value is -3.07. The number of hydrogen-bond acceptors (Lipinski definition) is 5. The second kappa shape index (κ2) is 7.80. The summed E-state index contributed by atoms with van der Waals surface area (Å²) in [6, 6.07) is 10.1. The van der Waals surface area contributed by atoms with Crippen LogP contribution in [0.5, 0.6) is 0 Å². The number of unbranched alkanes of at least 4 members (excludes halogenated alkanes) is 1. The van der Waals surface area contributed by atoms with Crippen LogP contribution in [0.2, 0.25) is 0 Å². The van der Waals surface area contributed by atoms with Gasteiger partial charge in [0.2, 0.25) is 0 Å². The lowest BCUT2D eigenvalue weighted by atomic mass is 10.1. The molecule has 0 saturated heterocycles. The SMILES string of the molecule is Cc1ccc(C(=O)OCCCC#N)cc1NC(=O)c1ccco1. The van der Waals surface area contributed by atoms with Gasteiger partial charge < -0.3 is 14.5 Å². The van der Waals surface area contributed by atoms with Gasteiger partial charge in [0.05, 0.1) is 24.5 Å². The average Bonchev–Trinajstić information content (AvgIpc) is 3.08. The minimum Gasteiger partial charge on any atom is -0.462 e. The van der Waals surface area contributed by atoms with Gasteiger partial charge >= 0.3 is 5.97 Å². The number of anilines is 1. The molecule has 2 rings (SSSR count). The lowest BCUT2D eigenvalue weighted by Gasteiger charge is -2.10. The Morgan fingerprint density at radius 1 is 1.35 bits per heavy atom. The van der Waals surface area contributed by atoms with Crippen LogP contribution in [-0.2, 0) is 4.74 Å². The number of nitriles is 1. The zero-order valence-corrected chi connectivity index (χ0v) is 12.7. The normalized spacial score (nSPS) is 9.91. The highest BCUT2D eigenvalue weighted by molar-refractivity contribution is 6.03. The van der Waals surface area contributed by atoms with Gasteiger partial charge in [-0.25, -0.2) is 4.79 Å². The molecule has 6 heteroatoms. The lowest BCUT2D eigenvalue weighted by molar-refractivity contribution is 0.0501. The van der Waals surface area contributed by atoms with E-state index >= 15 is 0 Å². The molecule has 6 nitrogen and oxygen atoms in total. The van der Waals surface area contributed by atoms with Crippen LogP contribution in [-0.4, -0.2) is 18.5 Å². The summed E-state index contributed by atoms with van der Waals surface area (Å²) in [5, 5.41) is 11.1. The molecular weight excluding hydrogens is 296 g/mol. The Morgan fingerprint density at radius 2 is 2.17 bits per heavy atom. The van der Waals surface area contributed by atoms with E-state index in [2.05, 4.69) is 5.32 Å². The second-order valence-electron chi connectivity index (χ2n) is 4.86. The van der Waals surface area contributed by atoms with Crippen molar-refractivity contribution in [3.05, 3.63) is 53.5 Å². The standard InChI is InChI=1S/C17H16N2O4/c1-12-6-7-13(17(21)23-9-3-2-8-18)11-14(12)19-16(20)15-5-4-10-22-15/h4-7,10-11H,2-3,9H2,1H3,(H,19,20). The molecule has 0 saturated carbocycles. The van der Waals surface area contributed by atoms with Crippen LogP contribution in [0.15, 0.2) is 41.0 Å². The largest absolute Gasteiger partial charge is 0.462 e. The topological polar surface area (TPSA) is 92.3 Å². The summed E-state index contributed by atoms with van der Waals surface area (Å²) < 4.78 is 10.1. The molecule has 0 bridgehead atoms. The Morgan fingerprint density at radius 3 is 2.87 bits per heavy atom. The molecule has 1 N–H and O–H groups in total. The van der Waals surface area contributed by atoms with Gasteiger partial charge in [-0.3, -0.25) is 4.79 Å². The molecule has 1 aromatic carbocycles. The van der Waals surface area contributed by atoms with E-state index in [1.807, 2.05) is 13.0 Å². The van der Waals surface area contributed by atoms with Crippen LogP contribution in [0.25, 0.3) is 0 Å². The fourth-order valence-corrected chi connectivity index (χ4v) is 1.87. The smallest absolute Gasteiger partial charge is 0.338 e. The van der Waals surface area contributed by atoms with E-state index in [0.29, 0.717) is 24.1 Å². The third-order valence-corrected chi connectivity index (χ3v) is 3.13. The molecule has 0 unspecified atom stereocenters. The van der Waals surface area contributed by atoms with Gasteiger partial charge in [-0.2, -0.15) is 5.26 Å². The number of nitrogens with one attached hydrogen (secondary N) is 1. The highest BCUT2D eigenvalue weighted by atomic mass is 16.5. The Kier molecular flexibility index (Phi) is 5.53. The van der Waals surface area contributed by atoms with Gasteiger partial charge in [0.1, 0.15) is 0 Å². The molecule has 0 aliphatic carbocycles. The monoisotopic (exact) mass is 312 g/mol. The number of nitrogens with zero attached hydrogens (tertiary/aromatic N) is 1. The van der Waals surface area contributed by atoms with Crippen LogP contribution in [0.4, 0.5) is 5.69 Å². The van der Waals surface area contributed by atoms with Gasteiger partial charge in [0, 0.05) is 12.1 Å². The number of amides is 1. The van der Waals surface area contributed by atoms with E-state index in [1.54, 1.807) is 30.3 Å². The van der Waals surface area contributed by atoms with Crippen molar-refractivity contribution in [1.29, 1.82) is 5.26 Å². The third-order valence-electron chi connectivity index (χ3n) is 3.13. The zero-order chi connectivity index (χ0) is 16.7. The van der Waals surface area contributed by atoms with Gasteiger partial charge in [0.15, 0.2) is 5.76 Å². The first kappa shape index (κ1) is 16.3. The maximum Gasteiger partial charge on any atom is 0.338 e. The number of rotatable bonds is 6. The van der Waals surface area contributed by atoms with E-state index in [0.717, 1.165) is 5.56 Å². The van der Waals surface area contributed by atoms with Gasteiger partial charge in [0.25, 0.3) is 5.91 Å². The van der Waals surface area contributed by atoms with Crippen molar-refractivity contribution in [2.24, 2.45) is 0 Å². The molecule has 0 aliphatic heterocycles. The number of carbonyl (C=O) groups excluding carboxylic acids is 2. The average molecular weight is 312 g/mol. The summed E-state index contributed by atoms with van der Waals surface area (Å²) in [4.78, 5) is 24.0. The molecule has 1 aromatic heterocycles. The molecule has 0 fully saturated rings. The van der Waals surface area contributed by atoms with Crippen molar-refractivity contribution in [2.45, 2.75) is 19.8 Å². The zero-order valence-electron chi connectivity index (χ0n) is 12.7. The molecule has 0 spiro atoms. The maximum absolute atomic E-state index is 12.0. The molecule has 118 valence electrons. The first-order valence-corrected chi connectivity index (χ1v) is 7.11. The summed E-state index contributed by atoms with van der Waals surface area (Å²) in [5.41, 5.74) is 1.66. The molecule has 0 radical (unpaired) electrons. The van der Waals surface area contributed by atoms with Gasteiger partial charge in [-0.1, -0.05) is 6.07 Å². The molecular formula is C17H16N2O4. The molecule has 23 heavy (non-hydrogen) atoms. The van der Waals surface area contributed by atoms with Crippen LogP contribution < -0.4 is 5.32 Å². The molecule has 2 aromatic rings. The van der Waals surface area contributed by atoms with Gasteiger partial charge in [-0.15, -0.1) is 0 Å². The molecule has 0 aliphatic rings. The number of benzene rings is 1. The quantitative estimate of drug-likeness (QED) is 0.652. The van der Waals surface area contributed by atoms with E-state index in [1.165, 1.54) is 6.26 Å². The van der Waals surface area contributed by atoms with Crippen molar-refractivity contribution in [2.75, 3.05) is 11.9 Å². The fourth-order valence-electron chi connectivity index (χ4n) is 1.87. The van der Waals surface area contributed by atoms with Crippen molar-refractivity contribution < 1.29 is 18.7 Å². The van der Waals surface area contributed by atoms with Crippen LogP contribution >= 0.6 is 0 Å². The van der Waals surface area contributed by atoms with Crippen molar-refractivity contribution in [3.8, 4) is 6.07 Å². The predicted molar refractivity (Wildman–Crippen MR) is 83.0 cm³/mol. The number of aryl methyl sites for hydroxylation is 1. The van der Waals surface area contributed by atoms with E-state index in [-0.39, 0.29) is 12.4 Å². The summed E-state index contributed by atoms with van der Waals surface area (Å²) in [6.07, 6.45) is 2.25. The molecule has 0 atom stereocenters. The Labute approximate surface area is 133 Å². The number of esters is 1. The van der Waals surface area contributed by atoms with Gasteiger partial charge in [-0.05, 0) is 43.2 Å². The number of ether oxygens (including phenoxy) is 1. The summed E-state index contributed by atoms with van der Waals surface area (Å²) in [7, 11) is 0. The fraction of sp³-hybridized carbons (Fsp3) is 0.235. The molecule has 1 heterocycles. The van der Waals surface area contributed by atoms with Crippen LogP contribution in [0.1, 0.15) is 39.3 Å². The van der Waals surface area contributed by atoms with E-state index in [4.69, 9.17) is 14.4 Å². The highest BCUT2D eigenvalue weighted by Gasteiger charge is 2.13. The molecule has 1 amide bonds. The summed E-state index contributed by atoms with van der Waals surface area (Å²) >= 11 is 0. The lowest BCUT2D eigenvalue weighted by Crippen LogP contribution is -2.13. The number of hydrogen-bond donors (Lipinski definition) is 1. The van der Waals surface area contributed by atoms with Crippen LogP contribution in [0.3, 0.4) is 0 Å². The number of furan rings is 1. The third kappa shape index (κ3) is 4.45. The highest BCUT2D eigenvalue weighted by Crippen LogP contribution is 2.19. The van der Waals surface area contributed by atoms with Crippen molar-refractivity contribution >= 4 is 17.6 Å². The van der Waals surface area contributed by atoms with Crippen molar-refractivity contribution in [3.63, 3.8) is 0 Å². The van der Waals surface area contributed by atoms with Crippen molar-refractivity contribution in [1.82, 2.24) is 0 Å². The predicted octanol–water partition coefficient (Wildman–Crippen LogP) is 3.30. The summed E-state index contributed by atoms with van der Waals surface area (Å²) in [6.45, 7) is 2.01. The minimum absolute atomic E-state index is 0.189.